The van der Waals surface area contributed by atoms with E-state index in [0.29, 0.717) is 18.3 Å². The summed E-state index contributed by atoms with van der Waals surface area (Å²) in [4.78, 5) is -0.780. The third-order valence-electron chi connectivity index (χ3n) is 4.41. The molecule has 0 bridgehead atoms. The van der Waals surface area contributed by atoms with Gasteiger partial charge in [-0.2, -0.15) is 16.8 Å². The molecular weight excluding hydrogens is 606 g/mol. The summed E-state index contributed by atoms with van der Waals surface area (Å²) in [5.41, 5.74) is 2.69. The Bertz CT molecular complexity index is 1040. The first-order valence-corrected chi connectivity index (χ1v) is 12.3. The van der Waals surface area contributed by atoms with Crippen LogP contribution >= 0.6 is 45.2 Å². The molecule has 0 heterocycles. The SMILES string of the molecule is Cc1c(I)cc(S(=O)(=O)O)c(-c2c(S(=O)(=O)O)cc(I)c(C)c2C)c1C. The fourth-order valence-electron chi connectivity index (χ4n) is 2.72. The molecule has 10 heteroatoms. The number of hydrogen-bond acceptors (Lipinski definition) is 4. The molecule has 0 spiro atoms. The summed E-state index contributed by atoms with van der Waals surface area (Å²) >= 11 is 3.91. The van der Waals surface area contributed by atoms with Crippen molar-refractivity contribution in [2.75, 3.05) is 0 Å². The van der Waals surface area contributed by atoms with Crippen LogP contribution in [0.25, 0.3) is 11.1 Å². The topological polar surface area (TPSA) is 109 Å². The van der Waals surface area contributed by atoms with Crippen molar-refractivity contribution in [1.29, 1.82) is 0 Å². The highest BCUT2D eigenvalue weighted by molar-refractivity contribution is 14.1. The lowest BCUT2D eigenvalue weighted by Gasteiger charge is -2.21. The van der Waals surface area contributed by atoms with Crippen molar-refractivity contribution in [3.63, 3.8) is 0 Å². The zero-order chi connectivity index (χ0) is 20.2. The summed E-state index contributed by atoms with van der Waals surface area (Å²) in [6.07, 6.45) is 0. The van der Waals surface area contributed by atoms with Crippen LogP contribution in [0.3, 0.4) is 0 Å². The second-order valence-corrected chi connectivity index (χ2v) is 11.0. The van der Waals surface area contributed by atoms with Gasteiger partial charge < -0.3 is 0 Å². The van der Waals surface area contributed by atoms with E-state index in [1.807, 2.05) is 45.2 Å². The third-order valence-corrected chi connectivity index (χ3v) is 8.40. The highest BCUT2D eigenvalue weighted by Crippen LogP contribution is 2.41. The van der Waals surface area contributed by atoms with Gasteiger partial charge in [0.05, 0.1) is 0 Å². The number of hydrogen-bond donors (Lipinski definition) is 2. The monoisotopic (exact) mass is 622 g/mol. The zero-order valence-electron chi connectivity index (χ0n) is 14.3. The molecule has 26 heavy (non-hydrogen) atoms. The fraction of sp³-hybridized carbons (Fsp3) is 0.250. The van der Waals surface area contributed by atoms with E-state index in [-0.39, 0.29) is 11.1 Å². The van der Waals surface area contributed by atoms with E-state index in [2.05, 4.69) is 0 Å². The largest absolute Gasteiger partial charge is 0.295 e. The van der Waals surface area contributed by atoms with Crippen LogP contribution in [0, 0.1) is 34.8 Å². The molecule has 0 aliphatic carbocycles. The molecule has 6 nitrogen and oxygen atoms in total. The van der Waals surface area contributed by atoms with Crippen molar-refractivity contribution in [3.8, 4) is 11.1 Å². The molecular formula is C16H16I2O6S2. The summed E-state index contributed by atoms with van der Waals surface area (Å²) in [5, 5.41) is 0. The van der Waals surface area contributed by atoms with Gasteiger partial charge >= 0.3 is 0 Å². The van der Waals surface area contributed by atoms with E-state index in [4.69, 9.17) is 0 Å². The smallest absolute Gasteiger partial charge is 0.282 e. The molecule has 2 aromatic rings. The summed E-state index contributed by atoms with van der Waals surface area (Å²) < 4.78 is 68.7. The van der Waals surface area contributed by atoms with Crippen molar-refractivity contribution in [2.45, 2.75) is 37.5 Å². The molecule has 0 saturated carbocycles. The van der Waals surface area contributed by atoms with Crippen molar-refractivity contribution < 1.29 is 25.9 Å². The quantitative estimate of drug-likeness (QED) is 0.391. The predicted octanol–water partition coefficient (Wildman–Crippen LogP) is 4.29. The summed E-state index contributed by atoms with van der Waals surface area (Å²) in [7, 11) is -9.26. The lowest BCUT2D eigenvalue weighted by atomic mass is 9.92. The van der Waals surface area contributed by atoms with Crippen molar-refractivity contribution in [3.05, 3.63) is 41.5 Å². The van der Waals surface area contributed by atoms with E-state index in [0.717, 1.165) is 11.1 Å². The number of halogens is 2. The Balaban J connectivity index is 3.23. The summed E-state index contributed by atoms with van der Waals surface area (Å²) in [5.74, 6) is 0. The van der Waals surface area contributed by atoms with Gasteiger partial charge in [0.2, 0.25) is 0 Å². The van der Waals surface area contributed by atoms with Crippen LogP contribution in [0.1, 0.15) is 22.3 Å². The van der Waals surface area contributed by atoms with E-state index < -0.39 is 30.0 Å². The van der Waals surface area contributed by atoms with Gasteiger partial charge in [0.25, 0.3) is 20.2 Å². The van der Waals surface area contributed by atoms with Crippen LogP contribution in [0.2, 0.25) is 0 Å². The van der Waals surface area contributed by atoms with Gasteiger partial charge in [0.1, 0.15) is 9.79 Å². The maximum Gasteiger partial charge on any atom is 0.295 e. The van der Waals surface area contributed by atoms with Gasteiger partial charge in [-0.25, -0.2) is 0 Å². The molecule has 2 N–H and O–H groups in total. The highest BCUT2D eigenvalue weighted by Gasteiger charge is 2.29. The molecule has 0 unspecified atom stereocenters. The molecule has 0 aliphatic heterocycles. The van der Waals surface area contributed by atoms with E-state index in [9.17, 15) is 25.9 Å². The Kier molecular flexibility index (Phi) is 6.16. The maximum absolute atomic E-state index is 12.0. The Morgan fingerprint density at radius 3 is 1.15 bits per heavy atom. The van der Waals surface area contributed by atoms with Crippen molar-refractivity contribution >= 4 is 65.4 Å². The minimum Gasteiger partial charge on any atom is -0.282 e. The van der Waals surface area contributed by atoms with E-state index >= 15 is 0 Å². The van der Waals surface area contributed by atoms with Crippen molar-refractivity contribution in [1.82, 2.24) is 0 Å². The minimum atomic E-state index is -4.63. The molecule has 0 fully saturated rings. The molecule has 0 aliphatic rings. The third kappa shape index (κ3) is 3.94. The predicted molar refractivity (Wildman–Crippen MR) is 116 cm³/mol. The van der Waals surface area contributed by atoms with Crippen LogP contribution in [0.4, 0.5) is 0 Å². The van der Waals surface area contributed by atoms with Crippen LogP contribution in [-0.2, 0) is 20.2 Å². The first kappa shape index (κ1) is 22.0. The lowest BCUT2D eigenvalue weighted by Crippen LogP contribution is -2.10. The molecule has 2 rings (SSSR count). The van der Waals surface area contributed by atoms with Crippen LogP contribution in [0.5, 0.6) is 0 Å². The van der Waals surface area contributed by atoms with Crippen LogP contribution < -0.4 is 0 Å². The van der Waals surface area contributed by atoms with Crippen LogP contribution in [0.15, 0.2) is 21.9 Å². The second-order valence-electron chi connectivity index (χ2n) is 5.91. The Morgan fingerprint density at radius 1 is 0.654 bits per heavy atom. The maximum atomic E-state index is 12.0. The highest BCUT2D eigenvalue weighted by atomic mass is 127. The molecule has 0 aromatic heterocycles. The van der Waals surface area contributed by atoms with Crippen molar-refractivity contribution in [2.24, 2.45) is 0 Å². The van der Waals surface area contributed by atoms with Gasteiger partial charge in [-0.3, -0.25) is 9.11 Å². The van der Waals surface area contributed by atoms with E-state index in [1.165, 1.54) is 12.1 Å². The van der Waals surface area contributed by atoms with Crippen LogP contribution in [-0.4, -0.2) is 25.9 Å². The molecule has 0 saturated heterocycles. The second kappa shape index (κ2) is 7.28. The first-order valence-electron chi connectivity index (χ1n) is 7.22. The lowest BCUT2D eigenvalue weighted by molar-refractivity contribution is 0.480. The molecule has 2 aromatic carbocycles. The number of benzene rings is 2. The van der Waals surface area contributed by atoms with Gasteiger partial charge in [-0.1, -0.05) is 0 Å². The molecule has 0 radical (unpaired) electrons. The molecule has 142 valence electrons. The summed E-state index contributed by atoms with van der Waals surface area (Å²) in [6.45, 7) is 6.86. The first-order chi connectivity index (χ1) is 11.7. The zero-order valence-corrected chi connectivity index (χ0v) is 20.2. The Morgan fingerprint density at radius 2 is 0.923 bits per heavy atom. The van der Waals surface area contributed by atoms with Gasteiger partial charge in [-0.15, -0.1) is 0 Å². The average Bonchev–Trinajstić information content (AvgIpc) is 2.49. The normalized spacial score (nSPS) is 12.5. The summed E-state index contributed by atoms with van der Waals surface area (Å²) in [6, 6.07) is 2.60. The average molecular weight is 622 g/mol. The Labute approximate surface area is 180 Å². The Hall–Kier alpha value is -0.280. The van der Waals surface area contributed by atoms with Gasteiger partial charge in [-0.05, 0) is 107 Å². The van der Waals surface area contributed by atoms with E-state index in [1.54, 1.807) is 27.7 Å². The number of rotatable bonds is 3. The molecule has 0 amide bonds. The van der Waals surface area contributed by atoms with Gasteiger partial charge in [0.15, 0.2) is 0 Å². The van der Waals surface area contributed by atoms with Gasteiger partial charge in [0, 0.05) is 18.3 Å². The molecule has 0 atom stereocenters. The standard InChI is InChI=1S/C16H16I2O6S2/c1-7-9(3)15(13(5-11(7)17)25(19,20)21)16-10(4)8(2)12(18)6-14(16)26(22,23)24/h5-6H,1-4H3,(H,19,20,21)(H,22,23,24). The fourth-order valence-corrected chi connectivity index (χ4v) is 6.14. The minimum absolute atomic E-state index is 0.0787.